The Hall–Kier alpha value is -1.16. The molecule has 1 N–H and O–H groups in total. The molecule has 1 aromatic rings. The third-order valence-electron chi connectivity index (χ3n) is 1.74. The molecule has 0 atom stereocenters. The number of thioether (sulfide) groups is 1. The zero-order valence-electron chi connectivity index (χ0n) is 10.0. The van der Waals surface area contributed by atoms with Gasteiger partial charge in [0, 0.05) is 4.90 Å². The average Bonchev–Trinajstić information content (AvgIpc) is 2.15. The van der Waals surface area contributed by atoms with E-state index in [1.165, 1.54) is 0 Å². The predicted molar refractivity (Wildman–Crippen MR) is 68.1 cm³/mol. The summed E-state index contributed by atoms with van der Waals surface area (Å²) < 4.78 is 5.18. The van der Waals surface area contributed by atoms with Crippen LogP contribution in [0.2, 0.25) is 0 Å². The van der Waals surface area contributed by atoms with E-state index in [0.717, 1.165) is 10.6 Å². The summed E-state index contributed by atoms with van der Waals surface area (Å²) in [7, 11) is 0. The highest BCUT2D eigenvalue weighted by atomic mass is 32.2. The smallest absolute Gasteiger partial charge is 0.412 e. The van der Waals surface area contributed by atoms with Crippen LogP contribution in [0.25, 0.3) is 0 Å². The minimum Gasteiger partial charge on any atom is -0.444 e. The van der Waals surface area contributed by atoms with Crippen molar-refractivity contribution >= 4 is 23.5 Å². The lowest BCUT2D eigenvalue weighted by Crippen LogP contribution is -2.27. The average molecular weight is 239 g/mol. The molecule has 0 aliphatic rings. The van der Waals surface area contributed by atoms with Crippen LogP contribution < -0.4 is 5.32 Å². The van der Waals surface area contributed by atoms with E-state index < -0.39 is 11.7 Å². The van der Waals surface area contributed by atoms with E-state index >= 15 is 0 Å². The number of carbonyl (C=O) groups is 1. The summed E-state index contributed by atoms with van der Waals surface area (Å²) in [6.07, 6.45) is 1.55. The Morgan fingerprint density at radius 1 is 1.31 bits per heavy atom. The second-order valence-electron chi connectivity index (χ2n) is 4.33. The van der Waals surface area contributed by atoms with Crippen molar-refractivity contribution < 1.29 is 9.53 Å². The first-order chi connectivity index (χ1) is 7.42. The van der Waals surface area contributed by atoms with Gasteiger partial charge in [-0.05, 0) is 39.2 Å². The topological polar surface area (TPSA) is 38.3 Å². The number of rotatable bonds is 2. The summed E-state index contributed by atoms with van der Waals surface area (Å²) in [5.41, 5.74) is 0.308. The van der Waals surface area contributed by atoms with Crippen molar-refractivity contribution in [1.29, 1.82) is 0 Å². The number of nitrogens with one attached hydrogen (secondary N) is 1. The molecule has 1 amide bonds. The molecule has 0 saturated heterocycles. The molecule has 0 saturated carbocycles. The summed E-state index contributed by atoms with van der Waals surface area (Å²) in [6.45, 7) is 5.52. The largest absolute Gasteiger partial charge is 0.444 e. The molecule has 1 rings (SSSR count). The van der Waals surface area contributed by atoms with Crippen LogP contribution in [-0.4, -0.2) is 18.0 Å². The first-order valence-corrected chi connectivity index (χ1v) is 6.28. The van der Waals surface area contributed by atoms with E-state index in [1.807, 2.05) is 51.3 Å². The Kier molecular flexibility index (Phi) is 4.24. The highest BCUT2D eigenvalue weighted by Gasteiger charge is 2.16. The molecule has 4 heteroatoms. The van der Waals surface area contributed by atoms with Gasteiger partial charge < -0.3 is 4.74 Å². The fourth-order valence-corrected chi connectivity index (χ4v) is 1.72. The van der Waals surface area contributed by atoms with E-state index in [4.69, 9.17) is 4.74 Å². The molecule has 0 unspecified atom stereocenters. The summed E-state index contributed by atoms with van der Waals surface area (Å²) >= 11 is 1.59. The Morgan fingerprint density at radius 2 is 1.94 bits per heavy atom. The maximum Gasteiger partial charge on any atom is 0.412 e. The molecule has 3 nitrogen and oxygen atoms in total. The van der Waals surface area contributed by atoms with Gasteiger partial charge in [-0.15, -0.1) is 11.8 Å². The van der Waals surface area contributed by atoms with Gasteiger partial charge in [0.05, 0.1) is 5.69 Å². The monoisotopic (exact) mass is 239 g/mol. The van der Waals surface area contributed by atoms with Crippen LogP contribution in [0.3, 0.4) is 0 Å². The van der Waals surface area contributed by atoms with E-state index in [1.54, 1.807) is 11.8 Å². The van der Waals surface area contributed by atoms with E-state index in [-0.39, 0.29) is 0 Å². The Bertz CT molecular complexity index is 372. The highest BCUT2D eigenvalue weighted by Crippen LogP contribution is 2.25. The standard InChI is InChI=1S/C12H17NO2S/c1-12(2,3)15-11(14)13-9-7-5-6-8-10(9)16-4/h5-8H,1-4H3,(H,13,14). The van der Waals surface area contributed by atoms with Crippen molar-refractivity contribution in [1.82, 2.24) is 0 Å². The molecule has 0 aliphatic heterocycles. The first kappa shape index (κ1) is 12.9. The summed E-state index contributed by atoms with van der Waals surface area (Å²) in [5.74, 6) is 0. The third kappa shape index (κ3) is 4.14. The number of ether oxygens (including phenoxy) is 1. The van der Waals surface area contributed by atoms with Crippen molar-refractivity contribution in [2.24, 2.45) is 0 Å². The van der Waals surface area contributed by atoms with Crippen LogP contribution >= 0.6 is 11.8 Å². The fourth-order valence-electron chi connectivity index (χ4n) is 1.16. The van der Waals surface area contributed by atoms with E-state index in [0.29, 0.717) is 0 Å². The maximum absolute atomic E-state index is 11.6. The van der Waals surface area contributed by atoms with Crippen LogP contribution in [0.1, 0.15) is 20.8 Å². The third-order valence-corrected chi connectivity index (χ3v) is 2.54. The van der Waals surface area contributed by atoms with E-state index in [2.05, 4.69) is 5.32 Å². The Morgan fingerprint density at radius 3 is 2.50 bits per heavy atom. The van der Waals surface area contributed by atoms with Crippen LogP contribution in [-0.2, 0) is 4.74 Å². The van der Waals surface area contributed by atoms with Crippen molar-refractivity contribution in [3.05, 3.63) is 24.3 Å². The molecule has 0 spiro atoms. The van der Waals surface area contributed by atoms with Gasteiger partial charge in [-0.25, -0.2) is 4.79 Å². The van der Waals surface area contributed by atoms with Gasteiger partial charge in [-0.3, -0.25) is 5.32 Å². The van der Waals surface area contributed by atoms with Gasteiger partial charge >= 0.3 is 6.09 Å². The molecule has 0 radical (unpaired) electrons. The minimum atomic E-state index is -0.474. The summed E-state index contributed by atoms with van der Waals surface area (Å²) in [5, 5.41) is 2.74. The van der Waals surface area contributed by atoms with Crippen molar-refractivity contribution in [2.45, 2.75) is 31.3 Å². The van der Waals surface area contributed by atoms with Gasteiger partial charge in [0.2, 0.25) is 0 Å². The van der Waals surface area contributed by atoms with E-state index in [9.17, 15) is 4.79 Å². The lowest BCUT2D eigenvalue weighted by Gasteiger charge is -2.20. The lowest BCUT2D eigenvalue weighted by molar-refractivity contribution is 0.0635. The van der Waals surface area contributed by atoms with Gasteiger partial charge in [-0.1, -0.05) is 12.1 Å². The van der Waals surface area contributed by atoms with Gasteiger partial charge in [0.15, 0.2) is 0 Å². The van der Waals surface area contributed by atoms with Crippen LogP contribution in [0.15, 0.2) is 29.2 Å². The second kappa shape index (κ2) is 5.25. The maximum atomic E-state index is 11.6. The number of amides is 1. The molecular formula is C12H17NO2S. The Labute approximate surface area is 101 Å². The zero-order chi connectivity index (χ0) is 12.2. The normalized spacial score (nSPS) is 11.0. The number of carbonyl (C=O) groups excluding carboxylic acids is 1. The van der Waals surface area contributed by atoms with Crippen molar-refractivity contribution in [3.63, 3.8) is 0 Å². The molecule has 16 heavy (non-hydrogen) atoms. The zero-order valence-corrected chi connectivity index (χ0v) is 10.9. The first-order valence-electron chi connectivity index (χ1n) is 5.05. The second-order valence-corrected chi connectivity index (χ2v) is 5.18. The van der Waals surface area contributed by atoms with Crippen LogP contribution in [0, 0.1) is 0 Å². The molecule has 1 aromatic carbocycles. The van der Waals surface area contributed by atoms with Gasteiger partial charge in [0.1, 0.15) is 5.60 Å². The number of para-hydroxylation sites is 1. The highest BCUT2D eigenvalue weighted by molar-refractivity contribution is 7.98. The Balaban J connectivity index is 2.70. The van der Waals surface area contributed by atoms with Crippen LogP contribution in [0.4, 0.5) is 10.5 Å². The predicted octanol–water partition coefficient (Wildman–Crippen LogP) is 3.76. The number of benzene rings is 1. The molecule has 0 aromatic heterocycles. The van der Waals surface area contributed by atoms with Crippen molar-refractivity contribution in [2.75, 3.05) is 11.6 Å². The number of hydrogen-bond acceptors (Lipinski definition) is 3. The summed E-state index contributed by atoms with van der Waals surface area (Å²) in [6, 6.07) is 7.63. The molecule has 0 fully saturated rings. The minimum absolute atomic E-state index is 0.422. The van der Waals surface area contributed by atoms with Gasteiger partial charge in [0.25, 0.3) is 0 Å². The van der Waals surface area contributed by atoms with Crippen molar-refractivity contribution in [3.8, 4) is 0 Å². The quantitative estimate of drug-likeness (QED) is 0.799. The lowest BCUT2D eigenvalue weighted by atomic mass is 10.2. The molecule has 0 bridgehead atoms. The van der Waals surface area contributed by atoms with Gasteiger partial charge in [-0.2, -0.15) is 0 Å². The van der Waals surface area contributed by atoms with Crippen LogP contribution in [0.5, 0.6) is 0 Å². The molecule has 88 valence electrons. The SMILES string of the molecule is CSc1ccccc1NC(=O)OC(C)(C)C. The molecular weight excluding hydrogens is 222 g/mol. The summed E-state index contributed by atoms with van der Waals surface area (Å²) in [4.78, 5) is 12.6. The molecule has 0 heterocycles. The fraction of sp³-hybridized carbons (Fsp3) is 0.417. The number of hydrogen-bond donors (Lipinski definition) is 1. The molecule has 0 aliphatic carbocycles. The number of anilines is 1.